The van der Waals surface area contributed by atoms with Crippen LogP contribution in [0.2, 0.25) is 0 Å². The van der Waals surface area contributed by atoms with Crippen molar-refractivity contribution in [2.75, 3.05) is 38.5 Å². The lowest BCUT2D eigenvalue weighted by molar-refractivity contribution is -0.141. The molecule has 1 aromatic carbocycles. The summed E-state index contributed by atoms with van der Waals surface area (Å²) in [5.41, 5.74) is 0.340. The Bertz CT molecular complexity index is 1600. The molecule has 4 rings (SSSR count). The van der Waals surface area contributed by atoms with Crippen LogP contribution < -0.4 is 15.4 Å². The Morgan fingerprint density at radius 1 is 1.09 bits per heavy atom. The number of amides is 3. The number of carbonyl (C=O) groups is 3. The molecule has 1 fully saturated rings. The number of alkyl halides is 3. The van der Waals surface area contributed by atoms with Crippen molar-refractivity contribution in [2.24, 2.45) is 0 Å². The third-order valence-electron chi connectivity index (χ3n) is 7.54. The van der Waals surface area contributed by atoms with Gasteiger partial charge in [0.25, 0.3) is 11.8 Å². The number of anilines is 1. The van der Waals surface area contributed by atoms with E-state index < -0.39 is 29.8 Å². The summed E-state index contributed by atoms with van der Waals surface area (Å²) in [7, 11) is 1.42. The molecule has 2 N–H and O–H groups in total. The predicted octanol–water partition coefficient (Wildman–Crippen LogP) is 4.56. The minimum absolute atomic E-state index is 0.00929. The third-order valence-corrected chi connectivity index (χ3v) is 7.54. The van der Waals surface area contributed by atoms with Crippen LogP contribution in [-0.2, 0) is 11.0 Å². The van der Waals surface area contributed by atoms with Crippen molar-refractivity contribution in [1.82, 2.24) is 25.1 Å². The summed E-state index contributed by atoms with van der Waals surface area (Å²) < 4.78 is 47.2. The molecule has 2 atom stereocenters. The van der Waals surface area contributed by atoms with Gasteiger partial charge in [-0.2, -0.15) is 13.2 Å². The average molecular weight is 625 g/mol. The molecule has 0 bridgehead atoms. The Kier molecular flexibility index (Phi) is 10.2. The number of hydrogen-bond donors (Lipinski definition) is 2. The van der Waals surface area contributed by atoms with Crippen LogP contribution in [-0.4, -0.2) is 76.8 Å². The second-order valence-electron chi connectivity index (χ2n) is 10.8. The molecule has 0 saturated carbocycles. The molecule has 3 heterocycles. The lowest BCUT2D eigenvalue weighted by Gasteiger charge is -2.40. The molecule has 1 aliphatic heterocycles. The summed E-state index contributed by atoms with van der Waals surface area (Å²) in [6, 6.07) is 9.80. The lowest BCUT2D eigenvalue weighted by atomic mass is 10.0. The molecular weight excluding hydrogens is 589 g/mol. The van der Waals surface area contributed by atoms with E-state index in [-0.39, 0.29) is 41.1 Å². The fourth-order valence-electron chi connectivity index (χ4n) is 5.14. The van der Waals surface area contributed by atoms with Crippen molar-refractivity contribution in [3.05, 3.63) is 95.0 Å². The highest BCUT2D eigenvalue weighted by atomic mass is 19.4. The summed E-state index contributed by atoms with van der Waals surface area (Å²) in [5, 5.41) is 5.28. The van der Waals surface area contributed by atoms with E-state index in [1.54, 1.807) is 37.1 Å². The molecule has 2 aromatic heterocycles. The number of aryl methyl sites for hydroxylation is 2. The number of benzene rings is 1. The second kappa shape index (κ2) is 13.9. The maximum Gasteiger partial charge on any atom is 0.433 e. The molecule has 45 heavy (non-hydrogen) atoms. The van der Waals surface area contributed by atoms with Crippen molar-refractivity contribution in [1.29, 1.82) is 0 Å². The Labute approximate surface area is 259 Å². The molecule has 1 saturated heterocycles. The Morgan fingerprint density at radius 2 is 1.84 bits per heavy atom. The van der Waals surface area contributed by atoms with Gasteiger partial charge in [0.05, 0.1) is 11.3 Å². The first-order chi connectivity index (χ1) is 21.3. The summed E-state index contributed by atoms with van der Waals surface area (Å²) >= 11 is 0. The molecule has 13 heteroatoms. The quantitative estimate of drug-likeness (QED) is 0.335. The van der Waals surface area contributed by atoms with Crippen LogP contribution in [0.15, 0.2) is 61.3 Å². The van der Waals surface area contributed by atoms with E-state index in [9.17, 15) is 27.6 Å². The van der Waals surface area contributed by atoms with E-state index in [1.807, 2.05) is 11.8 Å². The third kappa shape index (κ3) is 7.85. The van der Waals surface area contributed by atoms with E-state index in [4.69, 9.17) is 4.74 Å². The number of halogens is 3. The highest BCUT2D eigenvalue weighted by Gasteiger charge is 2.35. The number of nitrogens with zero attached hydrogens (tertiary/aromatic N) is 4. The van der Waals surface area contributed by atoms with Gasteiger partial charge in [-0.1, -0.05) is 18.7 Å². The van der Waals surface area contributed by atoms with Crippen LogP contribution in [0.3, 0.4) is 0 Å². The summed E-state index contributed by atoms with van der Waals surface area (Å²) in [5.74, 6) is -0.835. The molecule has 3 aromatic rings. The zero-order chi connectivity index (χ0) is 32.9. The standard InChI is InChI=1S/C32H35F3N6O4/c1-6-28(42)41-14-13-40(17-21(41)4)18-26(24-10-7-11-27(38-24)32(33,34)35)45-25-15-20(3)22(16-23(25)30(43)36-5)31(44)39-29-19(2)9-8-12-37-29/h6-12,15-16,21,26H,1,13-14,17-18H2,2-5H3,(H,36,43)(H,37,39,44)/t21-,26?/m1/s1. The summed E-state index contributed by atoms with van der Waals surface area (Å²) in [6.07, 6.45) is -2.94. The van der Waals surface area contributed by atoms with E-state index in [0.717, 1.165) is 11.6 Å². The Balaban J connectivity index is 1.70. The normalized spacial score (nSPS) is 16.1. The monoisotopic (exact) mass is 624 g/mol. The van der Waals surface area contributed by atoms with Gasteiger partial charge in [0.2, 0.25) is 5.91 Å². The SMILES string of the molecule is C=CC(=O)N1CCN(CC(Oc2cc(C)c(C(=O)Nc3ncccc3C)cc2C(=O)NC)c2cccc(C(F)(F)F)n2)C[C@H]1C. The molecule has 238 valence electrons. The van der Waals surface area contributed by atoms with E-state index in [2.05, 4.69) is 27.2 Å². The van der Waals surface area contributed by atoms with Gasteiger partial charge in [-0.05, 0) is 68.3 Å². The Hall–Kier alpha value is -4.78. The van der Waals surface area contributed by atoms with Crippen LogP contribution in [0, 0.1) is 13.8 Å². The molecule has 3 amide bonds. The smallest absolute Gasteiger partial charge is 0.433 e. The first-order valence-electron chi connectivity index (χ1n) is 14.3. The number of pyridine rings is 2. The second-order valence-corrected chi connectivity index (χ2v) is 10.8. The van der Waals surface area contributed by atoms with Crippen molar-refractivity contribution in [3.8, 4) is 5.75 Å². The van der Waals surface area contributed by atoms with E-state index in [1.165, 1.54) is 37.4 Å². The minimum atomic E-state index is -4.68. The number of aromatic nitrogens is 2. The number of carbonyl (C=O) groups excluding carboxylic acids is 3. The van der Waals surface area contributed by atoms with Gasteiger partial charge < -0.3 is 20.3 Å². The molecule has 0 radical (unpaired) electrons. The Morgan fingerprint density at radius 3 is 2.49 bits per heavy atom. The zero-order valence-corrected chi connectivity index (χ0v) is 25.4. The van der Waals surface area contributed by atoms with Crippen molar-refractivity contribution >= 4 is 23.5 Å². The van der Waals surface area contributed by atoms with E-state index in [0.29, 0.717) is 31.0 Å². The molecular formula is C32H35F3N6O4. The molecule has 1 unspecified atom stereocenters. The summed E-state index contributed by atoms with van der Waals surface area (Å²) in [4.78, 5) is 50.2. The summed E-state index contributed by atoms with van der Waals surface area (Å²) in [6.45, 7) is 10.2. The molecule has 0 spiro atoms. The van der Waals surface area contributed by atoms with Crippen LogP contribution in [0.4, 0.5) is 19.0 Å². The molecule has 10 nitrogen and oxygen atoms in total. The van der Waals surface area contributed by atoms with Crippen molar-refractivity contribution in [3.63, 3.8) is 0 Å². The fourth-order valence-corrected chi connectivity index (χ4v) is 5.14. The number of ether oxygens (including phenoxy) is 1. The highest BCUT2D eigenvalue weighted by molar-refractivity contribution is 6.07. The predicted molar refractivity (Wildman–Crippen MR) is 162 cm³/mol. The van der Waals surface area contributed by atoms with Crippen LogP contribution >= 0.6 is 0 Å². The average Bonchev–Trinajstić information content (AvgIpc) is 3.01. The van der Waals surface area contributed by atoms with Crippen molar-refractivity contribution in [2.45, 2.75) is 39.1 Å². The topological polar surface area (TPSA) is 117 Å². The first-order valence-corrected chi connectivity index (χ1v) is 14.3. The van der Waals surface area contributed by atoms with Gasteiger partial charge in [0, 0.05) is 51.0 Å². The van der Waals surface area contributed by atoms with Crippen LogP contribution in [0.1, 0.15) is 56.3 Å². The first kappa shape index (κ1) is 33.1. The number of rotatable bonds is 9. The number of piperazine rings is 1. The van der Waals surface area contributed by atoms with Gasteiger partial charge in [-0.15, -0.1) is 0 Å². The molecule has 0 aliphatic carbocycles. The number of nitrogens with one attached hydrogen (secondary N) is 2. The van der Waals surface area contributed by atoms with Crippen LogP contribution in [0.5, 0.6) is 5.75 Å². The van der Waals surface area contributed by atoms with Crippen molar-refractivity contribution < 1.29 is 32.3 Å². The van der Waals surface area contributed by atoms with Gasteiger partial charge in [-0.25, -0.2) is 9.97 Å². The van der Waals surface area contributed by atoms with Gasteiger partial charge in [0.1, 0.15) is 17.3 Å². The molecule has 1 aliphatic rings. The van der Waals surface area contributed by atoms with Gasteiger partial charge in [-0.3, -0.25) is 19.3 Å². The highest BCUT2D eigenvalue weighted by Crippen LogP contribution is 2.32. The largest absolute Gasteiger partial charge is 0.482 e. The van der Waals surface area contributed by atoms with Gasteiger partial charge in [0.15, 0.2) is 6.10 Å². The maximum atomic E-state index is 13.6. The zero-order valence-electron chi connectivity index (χ0n) is 25.4. The van der Waals surface area contributed by atoms with Gasteiger partial charge >= 0.3 is 6.18 Å². The minimum Gasteiger partial charge on any atom is -0.482 e. The van der Waals surface area contributed by atoms with E-state index >= 15 is 0 Å². The van der Waals surface area contributed by atoms with Crippen LogP contribution in [0.25, 0.3) is 0 Å². The fraction of sp³-hybridized carbons (Fsp3) is 0.344. The maximum absolute atomic E-state index is 13.6. The number of hydrogen-bond acceptors (Lipinski definition) is 7. The lowest BCUT2D eigenvalue weighted by Crippen LogP contribution is -2.54.